The van der Waals surface area contributed by atoms with Crippen LogP contribution in [0.1, 0.15) is 11.8 Å². The van der Waals surface area contributed by atoms with Gasteiger partial charge < -0.3 is 25.0 Å². The predicted octanol–water partition coefficient (Wildman–Crippen LogP) is -2.93. The number of aromatic amines is 1. The summed E-state index contributed by atoms with van der Waals surface area (Å²) in [4.78, 5) is 30.0. The minimum absolute atomic E-state index is 0.225. The number of nitrogens with one attached hydrogen (secondary N) is 1. The summed E-state index contributed by atoms with van der Waals surface area (Å²) < 4.78 is 6.90. The fourth-order valence-corrected chi connectivity index (χ4v) is 3.54. The zero-order valence-electron chi connectivity index (χ0n) is 15.0. The number of piperazine rings is 1. The SMILES string of the molecule is Cc1cn([C@@H]2O[C@@](CO)(CN3CCN(C)CC3)[C@H](O)[C@H]2O)c(=O)[nH]c1=O. The van der Waals surface area contributed by atoms with Gasteiger partial charge in [0.1, 0.15) is 17.8 Å². The molecule has 3 heterocycles. The fraction of sp³-hybridized carbons (Fsp3) is 0.750. The first-order chi connectivity index (χ1) is 12.3. The lowest BCUT2D eigenvalue weighted by molar-refractivity contribution is -0.143. The number of aromatic nitrogens is 2. The maximum absolute atomic E-state index is 12.1. The van der Waals surface area contributed by atoms with Crippen molar-refractivity contribution >= 4 is 0 Å². The maximum atomic E-state index is 12.1. The highest BCUT2D eigenvalue weighted by atomic mass is 16.6. The van der Waals surface area contributed by atoms with Crippen molar-refractivity contribution in [2.45, 2.75) is 31.0 Å². The first-order valence-corrected chi connectivity index (χ1v) is 8.65. The highest BCUT2D eigenvalue weighted by Gasteiger charge is 2.55. The van der Waals surface area contributed by atoms with E-state index in [9.17, 15) is 24.9 Å². The van der Waals surface area contributed by atoms with Gasteiger partial charge in [0.2, 0.25) is 0 Å². The second-order valence-electron chi connectivity index (χ2n) is 7.22. The average molecular weight is 370 g/mol. The van der Waals surface area contributed by atoms with Crippen LogP contribution in [0.2, 0.25) is 0 Å². The number of H-pyrrole nitrogens is 1. The van der Waals surface area contributed by atoms with Crippen LogP contribution in [0.4, 0.5) is 0 Å². The fourth-order valence-electron chi connectivity index (χ4n) is 3.54. The Morgan fingerprint density at radius 3 is 2.54 bits per heavy atom. The minimum Gasteiger partial charge on any atom is -0.393 e. The summed E-state index contributed by atoms with van der Waals surface area (Å²) in [6, 6.07) is 0. The smallest absolute Gasteiger partial charge is 0.330 e. The van der Waals surface area contributed by atoms with E-state index in [0.717, 1.165) is 30.7 Å². The van der Waals surface area contributed by atoms with Gasteiger partial charge in [-0.2, -0.15) is 0 Å². The van der Waals surface area contributed by atoms with Crippen LogP contribution in [0.15, 0.2) is 15.8 Å². The lowest BCUT2D eigenvalue weighted by Gasteiger charge is -2.39. The van der Waals surface area contributed by atoms with E-state index in [0.29, 0.717) is 0 Å². The van der Waals surface area contributed by atoms with Crippen molar-refractivity contribution in [2.24, 2.45) is 0 Å². The van der Waals surface area contributed by atoms with E-state index in [1.54, 1.807) is 0 Å². The molecule has 4 N–H and O–H groups in total. The van der Waals surface area contributed by atoms with Crippen LogP contribution in [0.5, 0.6) is 0 Å². The number of likely N-dealkylation sites (N-methyl/N-ethyl adjacent to an activating group) is 1. The molecule has 1 aromatic rings. The Labute approximate surface area is 150 Å². The molecule has 26 heavy (non-hydrogen) atoms. The standard InChI is InChI=1S/C16H26N4O6/c1-10-7-20(15(25)17-13(10)24)14-11(22)12(23)16(9-21,26-14)8-19-5-3-18(2)4-6-19/h7,11-12,14,21-23H,3-6,8-9H2,1-2H3,(H,17,24,25)/t11-,12-,14-,16-/m1/s1. The van der Waals surface area contributed by atoms with Crippen molar-refractivity contribution in [2.75, 3.05) is 46.4 Å². The quantitative estimate of drug-likeness (QED) is 0.443. The predicted molar refractivity (Wildman–Crippen MR) is 91.9 cm³/mol. The number of nitrogens with zero attached hydrogens (tertiary/aromatic N) is 3. The lowest BCUT2D eigenvalue weighted by atomic mass is 9.95. The molecule has 3 rings (SSSR count). The molecule has 2 fully saturated rings. The Morgan fingerprint density at radius 1 is 1.27 bits per heavy atom. The molecule has 10 nitrogen and oxygen atoms in total. The molecule has 0 amide bonds. The van der Waals surface area contributed by atoms with E-state index in [1.807, 2.05) is 7.05 Å². The number of aryl methyl sites for hydroxylation is 1. The van der Waals surface area contributed by atoms with Crippen molar-refractivity contribution < 1.29 is 20.1 Å². The zero-order chi connectivity index (χ0) is 19.1. The molecule has 1 aromatic heterocycles. The second-order valence-corrected chi connectivity index (χ2v) is 7.22. The highest BCUT2D eigenvalue weighted by molar-refractivity contribution is 5.07. The number of hydrogen-bond acceptors (Lipinski definition) is 8. The van der Waals surface area contributed by atoms with Crippen LogP contribution >= 0.6 is 0 Å². The molecule has 0 aromatic carbocycles. The van der Waals surface area contributed by atoms with Crippen molar-refractivity contribution in [3.05, 3.63) is 32.6 Å². The minimum atomic E-state index is -1.42. The molecular formula is C16H26N4O6. The Kier molecular flexibility index (Phi) is 5.33. The molecule has 10 heteroatoms. The Balaban J connectivity index is 1.86. The summed E-state index contributed by atoms with van der Waals surface area (Å²) in [5.74, 6) is 0. The van der Waals surface area contributed by atoms with Gasteiger partial charge in [-0.15, -0.1) is 0 Å². The number of hydrogen-bond donors (Lipinski definition) is 4. The van der Waals surface area contributed by atoms with Crippen LogP contribution in [0.3, 0.4) is 0 Å². The van der Waals surface area contributed by atoms with E-state index >= 15 is 0 Å². The van der Waals surface area contributed by atoms with Gasteiger partial charge in [-0.1, -0.05) is 0 Å². The molecule has 2 aliphatic rings. The second kappa shape index (κ2) is 7.22. The molecule has 146 valence electrons. The highest BCUT2D eigenvalue weighted by Crippen LogP contribution is 2.37. The van der Waals surface area contributed by atoms with E-state index in [2.05, 4.69) is 14.8 Å². The summed E-state index contributed by atoms with van der Waals surface area (Å²) in [6.07, 6.45) is -2.72. The van der Waals surface area contributed by atoms with Crippen LogP contribution in [-0.4, -0.2) is 98.9 Å². The summed E-state index contributed by atoms with van der Waals surface area (Å²) in [6.45, 7) is 4.42. The van der Waals surface area contributed by atoms with Crippen molar-refractivity contribution in [1.29, 1.82) is 0 Å². The first-order valence-electron chi connectivity index (χ1n) is 8.65. The molecule has 0 bridgehead atoms. The van der Waals surface area contributed by atoms with E-state index in [-0.39, 0.29) is 12.1 Å². The summed E-state index contributed by atoms with van der Waals surface area (Å²) in [5, 5.41) is 31.0. The van der Waals surface area contributed by atoms with Crippen LogP contribution in [0.25, 0.3) is 0 Å². The molecular weight excluding hydrogens is 344 g/mol. The van der Waals surface area contributed by atoms with Crippen LogP contribution in [0, 0.1) is 6.92 Å². The van der Waals surface area contributed by atoms with Gasteiger partial charge >= 0.3 is 5.69 Å². The van der Waals surface area contributed by atoms with E-state index in [4.69, 9.17) is 4.74 Å². The summed E-state index contributed by atoms with van der Waals surface area (Å²) in [5.41, 5.74) is -2.41. The molecule has 2 saturated heterocycles. The molecule has 0 unspecified atom stereocenters. The zero-order valence-corrected chi connectivity index (χ0v) is 15.0. The van der Waals surface area contributed by atoms with Gasteiger partial charge in [-0.05, 0) is 14.0 Å². The Morgan fingerprint density at radius 2 is 1.92 bits per heavy atom. The van der Waals surface area contributed by atoms with E-state index in [1.165, 1.54) is 13.1 Å². The first kappa shape index (κ1) is 19.2. The van der Waals surface area contributed by atoms with Gasteiger partial charge in [-0.3, -0.25) is 19.2 Å². The van der Waals surface area contributed by atoms with Gasteiger partial charge in [0.05, 0.1) is 6.61 Å². The third-order valence-electron chi connectivity index (χ3n) is 5.28. The van der Waals surface area contributed by atoms with Gasteiger partial charge in [0.25, 0.3) is 5.56 Å². The molecule has 0 spiro atoms. The van der Waals surface area contributed by atoms with Crippen molar-refractivity contribution in [3.8, 4) is 0 Å². The number of aliphatic hydroxyl groups excluding tert-OH is 3. The Hall–Kier alpha value is -1.56. The average Bonchev–Trinajstić information content (AvgIpc) is 2.86. The van der Waals surface area contributed by atoms with Gasteiger partial charge in [0, 0.05) is 44.5 Å². The maximum Gasteiger partial charge on any atom is 0.330 e. The molecule has 0 radical (unpaired) electrons. The normalized spacial score (nSPS) is 33.7. The third kappa shape index (κ3) is 3.36. The summed E-state index contributed by atoms with van der Waals surface area (Å²) in [7, 11) is 2.02. The van der Waals surface area contributed by atoms with Crippen molar-refractivity contribution in [1.82, 2.24) is 19.4 Å². The van der Waals surface area contributed by atoms with Crippen LogP contribution in [-0.2, 0) is 4.74 Å². The topological polar surface area (TPSA) is 131 Å². The van der Waals surface area contributed by atoms with Crippen LogP contribution < -0.4 is 11.2 Å². The van der Waals surface area contributed by atoms with Crippen molar-refractivity contribution in [3.63, 3.8) is 0 Å². The lowest BCUT2D eigenvalue weighted by Crippen LogP contribution is -2.57. The third-order valence-corrected chi connectivity index (χ3v) is 5.28. The van der Waals surface area contributed by atoms with Gasteiger partial charge in [-0.25, -0.2) is 4.79 Å². The van der Waals surface area contributed by atoms with Gasteiger partial charge in [0.15, 0.2) is 6.23 Å². The molecule has 4 atom stereocenters. The summed E-state index contributed by atoms with van der Waals surface area (Å²) >= 11 is 0. The number of ether oxygens (including phenoxy) is 1. The molecule has 0 saturated carbocycles. The molecule has 2 aliphatic heterocycles. The van der Waals surface area contributed by atoms with E-state index < -0.39 is 41.9 Å². The molecule has 0 aliphatic carbocycles. The Bertz CT molecular complexity index is 756. The number of aliphatic hydroxyl groups is 3. The largest absolute Gasteiger partial charge is 0.393 e. The monoisotopic (exact) mass is 370 g/mol. The number of rotatable bonds is 4.